The topological polar surface area (TPSA) is 24.9 Å². The van der Waals surface area contributed by atoms with Crippen LogP contribution in [-0.2, 0) is 0 Å². The Labute approximate surface area is 98.6 Å². The molecule has 1 aliphatic rings. The average molecular weight is 302 g/mol. The predicted octanol–water partition coefficient (Wildman–Crippen LogP) is 3.29. The van der Waals surface area contributed by atoms with E-state index in [1.54, 1.807) is 0 Å². The summed E-state index contributed by atoms with van der Waals surface area (Å²) in [6.45, 7) is 2.26. The zero-order valence-corrected chi connectivity index (χ0v) is 10.5. The summed E-state index contributed by atoms with van der Waals surface area (Å²) in [5.41, 5.74) is 0. The van der Waals surface area contributed by atoms with Crippen molar-refractivity contribution in [3.8, 4) is 0 Å². The standard InChI is InChI=1S/C11H15IN2/c1-8(9-4-2-5-9)14-11-10(12)6-3-7-13-11/h3,6-9H,2,4-5H2,1H3,(H,13,14)/t8-/m1/s1. The fraction of sp³-hybridized carbons (Fsp3) is 0.545. The summed E-state index contributed by atoms with van der Waals surface area (Å²) in [7, 11) is 0. The first-order valence-electron chi connectivity index (χ1n) is 5.14. The van der Waals surface area contributed by atoms with Crippen LogP contribution >= 0.6 is 22.6 Å². The van der Waals surface area contributed by atoms with Crippen molar-refractivity contribution in [3.63, 3.8) is 0 Å². The summed E-state index contributed by atoms with van der Waals surface area (Å²) in [6, 6.07) is 4.62. The summed E-state index contributed by atoms with van der Waals surface area (Å²) in [6.07, 6.45) is 5.99. The molecule has 0 aromatic carbocycles. The summed E-state index contributed by atoms with van der Waals surface area (Å²) in [5, 5.41) is 3.49. The lowest BCUT2D eigenvalue weighted by atomic mass is 9.80. The van der Waals surface area contributed by atoms with Gasteiger partial charge in [-0.05, 0) is 60.4 Å². The molecule has 1 N–H and O–H groups in total. The zero-order valence-electron chi connectivity index (χ0n) is 8.33. The summed E-state index contributed by atoms with van der Waals surface area (Å²) in [5.74, 6) is 1.89. The van der Waals surface area contributed by atoms with E-state index in [9.17, 15) is 0 Å². The van der Waals surface area contributed by atoms with Gasteiger partial charge in [-0.2, -0.15) is 0 Å². The summed E-state index contributed by atoms with van der Waals surface area (Å²) in [4.78, 5) is 4.34. The second-order valence-electron chi connectivity index (χ2n) is 3.96. The average Bonchev–Trinajstić information content (AvgIpc) is 2.05. The fourth-order valence-electron chi connectivity index (χ4n) is 1.77. The van der Waals surface area contributed by atoms with E-state index in [0.29, 0.717) is 6.04 Å². The number of rotatable bonds is 3. The van der Waals surface area contributed by atoms with Gasteiger partial charge in [0.05, 0.1) is 3.57 Å². The Kier molecular flexibility index (Phi) is 3.26. The highest BCUT2D eigenvalue weighted by atomic mass is 127. The van der Waals surface area contributed by atoms with Gasteiger partial charge >= 0.3 is 0 Å². The lowest BCUT2D eigenvalue weighted by Crippen LogP contribution is -2.31. The molecule has 1 saturated carbocycles. The van der Waals surface area contributed by atoms with Gasteiger partial charge < -0.3 is 5.32 Å². The van der Waals surface area contributed by atoms with Gasteiger partial charge in [0.1, 0.15) is 5.82 Å². The third kappa shape index (κ3) is 2.19. The lowest BCUT2D eigenvalue weighted by molar-refractivity contribution is 0.285. The molecule has 2 rings (SSSR count). The third-order valence-electron chi connectivity index (χ3n) is 2.98. The molecule has 14 heavy (non-hydrogen) atoms. The molecular weight excluding hydrogens is 287 g/mol. The first-order chi connectivity index (χ1) is 6.77. The SMILES string of the molecule is C[C@@H](Nc1ncccc1I)C1CCC1. The molecule has 0 amide bonds. The predicted molar refractivity (Wildman–Crippen MR) is 67.4 cm³/mol. The molecule has 0 saturated heterocycles. The van der Waals surface area contributed by atoms with Gasteiger partial charge in [-0.25, -0.2) is 4.98 Å². The summed E-state index contributed by atoms with van der Waals surface area (Å²) >= 11 is 2.32. The number of nitrogens with zero attached hydrogens (tertiary/aromatic N) is 1. The molecule has 0 radical (unpaired) electrons. The molecule has 2 nitrogen and oxygen atoms in total. The molecule has 1 aromatic heterocycles. The van der Waals surface area contributed by atoms with Gasteiger partial charge in [0.2, 0.25) is 0 Å². The molecule has 3 heteroatoms. The van der Waals surface area contributed by atoms with E-state index in [4.69, 9.17) is 0 Å². The van der Waals surface area contributed by atoms with E-state index < -0.39 is 0 Å². The van der Waals surface area contributed by atoms with Crippen molar-refractivity contribution >= 4 is 28.4 Å². The lowest BCUT2D eigenvalue weighted by Gasteiger charge is -2.32. The molecule has 76 valence electrons. The normalized spacial score (nSPS) is 18.7. The van der Waals surface area contributed by atoms with Crippen molar-refractivity contribution in [1.29, 1.82) is 0 Å². The van der Waals surface area contributed by atoms with Gasteiger partial charge in [-0.1, -0.05) is 6.42 Å². The molecule has 1 atom stereocenters. The first kappa shape index (κ1) is 10.2. The fourth-order valence-corrected chi connectivity index (χ4v) is 2.27. The van der Waals surface area contributed by atoms with Crippen LogP contribution in [-0.4, -0.2) is 11.0 Å². The molecule has 0 bridgehead atoms. The first-order valence-corrected chi connectivity index (χ1v) is 6.22. The second-order valence-corrected chi connectivity index (χ2v) is 5.12. The van der Waals surface area contributed by atoms with E-state index in [1.807, 2.05) is 12.3 Å². The number of hydrogen-bond donors (Lipinski definition) is 1. The van der Waals surface area contributed by atoms with Crippen LogP contribution in [0.15, 0.2) is 18.3 Å². The number of halogens is 1. The van der Waals surface area contributed by atoms with E-state index in [1.165, 1.54) is 22.8 Å². The maximum atomic E-state index is 4.34. The monoisotopic (exact) mass is 302 g/mol. The van der Waals surface area contributed by atoms with Crippen LogP contribution in [0.2, 0.25) is 0 Å². The van der Waals surface area contributed by atoms with E-state index in [2.05, 4.69) is 45.9 Å². The van der Waals surface area contributed by atoms with Crippen molar-refractivity contribution in [3.05, 3.63) is 21.9 Å². The highest BCUT2D eigenvalue weighted by Crippen LogP contribution is 2.31. The smallest absolute Gasteiger partial charge is 0.139 e. The minimum atomic E-state index is 0.562. The quantitative estimate of drug-likeness (QED) is 0.867. The molecule has 1 aliphatic carbocycles. The van der Waals surface area contributed by atoms with E-state index >= 15 is 0 Å². The molecule has 0 spiro atoms. The van der Waals surface area contributed by atoms with Crippen LogP contribution < -0.4 is 5.32 Å². The number of aromatic nitrogens is 1. The van der Waals surface area contributed by atoms with E-state index in [-0.39, 0.29) is 0 Å². The van der Waals surface area contributed by atoms with Gasteiger partial charge in [0, 0.05) is 12.2 Å². The number of pyridine rings is 1. The minimum absolute atomic E-state index is 0.562. The van der Waals surface area contributed by atoms with Crippen LogP contribution in [0.5, 0.6) is 0 Å². The Morgan fingerprint density at radius 3 is 2.93 bits per heavy atom. The number of nitrogens with one attached hydrogen (secondary N) is 1. The maximum Gasteiger partial charge on any atom is 0.139 e. The minimum Gasteiger partial charge on any atom is -0.366 e. The largest absolute Gasteiger partial charge is 0.366 e. The van der Waals surface area contributed by atoms with Crippen LogP contribution in [0.25, 0.3) is 0 Å². The third-order valence-corrected chi connectivity index (χ3v) is 3.85. The number of hydrogen-bond acceptors (Lipinski definition) is 2. The van der Waals surface area contributed by atoms with Crippen LogP contribution in [0, 0.1) is 9.49 Å². The Bertz CT molecular complexity index is 310. The Morgan fingerprint density at radius 1 is 1.57 bits per heavy atom. The van der Waals surface area contributed by atoms with Gasteiger partial charge in [-0.15, -0.1) is 0 Å². The van der Waals surface area contributed by atoms with Gasteiger partial charge in [-0.3, -0.25) is 0 Å². The van der Waals surface area contributed by atoms with Crippen molar-refractivity contribution in [2.45, 2.75) is 32.2 Å². The Balaban J connectivity index is 1.99. The Morgan fingerprint density at radius 2 is 2.36 bits per heavy atom. The molecule has 1 fully saturated rings. The van der Waals surface area contributed by atoms with Crippen molar-refractivity contribution in [1.82, 2.24) is 4.98 Å². The van der Waals surface area contributed by atoms with Crippen LogP contribution in [0.4, 0.5) is 5.82 Å². The van der Waals surface area contributed by atoms with Gasteiger partial charge in [0.15, 0.2) is 0 Å². The van der Waals surface area contributed by atoms with Crippen LogP contribution in [0.3, 0.4) is 0 Å². The molecule has 1 heterocycles. The van der Waals surface area contributed by atoms with Crippen LogP contribution in [0.1, 0.15) is 26.2 Å². The van der Waals surface area contributed by atoms with E-state index in [0.717, 1.165) is 11.7 Å². The van der Waals surface area contributed by atoms with Crippen molar-refractivity contribution < 1.29 is 0 Å². The second kappa shape index (κ2) is 4.47. The van der Waals surface area contributed by atoms with Crippen molar-refractivity contribution in [2.24, 2.45) is 5.92 Å². The molecule has 0 aliphatic heterocycles. The Hall–Kier alpha value is -0.320. The molecule has 0 unspecified atom stereocenters. The highest BCUT2D eigenvalue weighted by molar-refractivity contribution is 14.1. The highest BCUT2D eigenvalue weighted by Gasteiger charge is 2.24. The maximum absolute atomic E-state index is 4.34. The molecular formula is C11H15IN2. The van der Waals surface area contributed by atoms with Gasteiger partial charge in [0.25, 0.3) is 0 Å². The molecule has 1 aromatic rings. The van der Waals surface area contributed by atoms with Crippen molar-refractivity contribution in [2.75, 3.05) is 5.32 Å². The zero-order chi connectivity index (χ0) is 9.97. The number of anilines is 1. The summed E-state index contributed by atoms with van der Waals surface area (Å²) < 4.78 is 1.20.